The summed E-state index contributed by atoms with van der Waals surface area (Å²) in [7, 11) is 0. The summed E-state index contributed by atoms with van der Waals surface area (Å²) >= 11 is 0. The molecule has 1 unspecified atom stereocenters. The normalized spacial score (nSPS) is 21.5. The Balaban J connectivity index is 1.66. The lowest BCUT2D eigenvalue weighted by Crippen LogP contribution is -2.72. The van der Waals surface area contributed by atoms with Gasteiger partial charge < -0.3 is 40.1 Å². The summed E-state index contributed by atoms with van der Waals surface area (Å²) < 4.78 is 10.3. The highest BCUT2D eigenvalue weighted by Gasteiger charge is 2.56. The number of imide groups is 1. The van der Waals surface area contributed by atoms with E-state index in [-0.39, 0.29) is 58.3 Å². The number of rotatable bonds is 7. The molecule has 0 aromatic heterocycles. The Labute approximate surface area is 235 Å². The molecule has 6 amide bonds. The molecule has 0 aliphatic carbocycles. The highest BCUT2D eigenvalue weighted by atomic mass is 16.6. The number of β-lactam (4-membered cyclic amide) rings is 1. The fourth-order valence-electron chi connectivity index (χ4n) is 4.93. The molecule has 3 rings (SSSR count). The number of urea groups is 1. The molecule has 3 aliphatic rings. The van der Waals surface area contributed by atoms with Gasteiger partial charge in [0.2, 0.25) is 11.8 Å². The van der Waals surface area contributed by atoms with Gasteiger partial charge in [-0.2, -0.15) is 0 Å². The molecule has 14 heteroatoms. The van der Waals surface area contributed by atoms with Crippen LogP contribution in [0.2, 0.25) is 0 Å². The van der Waals surface area contributed by atoms with Gasteiger partial charge in [-0.15, -0.1) is 0 Å². The van der Waals surface area contributed by atoms with E-state index < -0.39 is 41.7 Å². The molecule has 0 bridgehead atoms. The Morgan fingerprint density at radius 3 is 2.00 bits per heavy atom. The monoisotopic (exact) mass is 564 g/mol. The van der Waals surface area contributed by atoms with Gasteiger partial charge >= 0.3 is 18.2 Å². The lowest BCUT2D eigenvalue weighted by atomic mass is 9.82. The summed E-state index contributed by atoms with van der Waals surface area (Å²) in [5.41, 5.74) is 4.92. The van der Waals surface area contributed by atoms with Crippen LogP contribution in [-0.4, -0.2) is 125 Å². The number of carbonyl (C=O) groups is 5. The Hall–Kier alpha value is -3.71. The van der Waals surface area contributed by atoms with Crippen molar-refractivity contribution < 1.29 is 33.4 Å². The van der Waals surface area contributed by atoms with Gasteiger partial charge in [0.1, 0.15) is 18.2 Å². The molecule has 3 aliphatic heterocycles. The van der Waals surface area contributed by atoms with E-state index in [1.54, 1.807) is 37.5 Å². The van der Waals surface area contributed by atoms with Gasteiger partial charge in [-0.1, -0.05) is 6.58 Å². The first-order chi connectivity index (χ1) is 18.8. The molecular formula is C26H42N7O7. The quantitative estimate of drug-likeness (QED) is 0.336. The molecule has 3 heterocycles. The van der Waals surface area contributed by atoms with E-state index in [1.807, 2.05) is 0 Å². The second kappa shape index (κ2) is 13.1. The van der Waals surface area contributed by atoms with Crippen LogP contribution in [0.4, 0.5) is 14.4 Å². The van der Waals surface area contributed by atoms with Crippen molar-refractivity contribution in [3.63, 3.8) is 0 Å². The number of nitrogens with one attached hydrogen (secondary N) is 1. The molecule has 3 saturated heterocycles. The minimum atomic E-state index is -0.938. The van der Waals surface area contributed by atoms with Crippen molar-refractivity contribution in [1.29, 1.82) is 0 Å². The molecule has 0 aromatic rings. The Bertz CT molecular complexity index is 982. The standard InChI is InChI=1S/C26H42N7O7/c1-6-39-24(37)31-16-12-30(13-17-31)23(36)33-20(19(21(33)34)8-7-9-28-18(2)27)22(35)29-10-14-32(15-11-29)25(38)40-26(3,4)5/h6,19-20,28H,2,7-17,27H2,1,3-5H3/t19-,20?/m1/s1. The number of likely N-dealkylation sites (tertiary alicyclic amines) is 1. The fourth-order valence-corrected chi connectivity index (χ4v) is 4.93. The van der Waals surface area contributed by atoms with Gasteiger partial charge in [-0.3, -0.25) is 14.5 Å². The zero-order chi connectivity index (χ0) is 29.6. The minimum Gasteiger partial charge on any atom is -0.444 e. The molecule has 2 atom stereocenters. The maximum Gasteiger partial charge on any atom is 0.410 e. The van der Waals surface area contributed by atoms with Gasteiger partial charge in [-0.05, 0) is 40.5 Å². The van der Waals surface area contributed by atoms with Crippen LogP contribution in [0.5, 0.6) is 0 Å². The summed E-state index contributed by atoms with van der Waals surface area (Å²) in [6, 6.07) is -1.48. The number of nitrogens with zero attached hydrogens (tertiary/aromatic N) is 5. The van der Waals surface area contributed by atoms with E-state index >= 15 is 0 Å². The first kappa shape index (κ1) is 30.8. The lowest BCUT2D eigenvalue weighted by Gasteiger charge is -2.49. The van der Waals surface area contributed by atoms with Crippen LogP contribution in [0, 0.1) is 12.5 Å². The largest absolute Gasteiger partial charge is 0.444 e. The van der Waals surface area contributed by atoms with Crippen molar-refractivity contribution in [3.8, 4) is 0 Å². The smallest absolute Gasteiger partial charge is 0.410 e. The van der Waals surface area contributed by atoms with E-state index in [2.05, 4.69) is 11.9 Å². The second-order valence-electron chi connectivity index (χ2n) is 11.0. The average molecular weight is 565 g/mol. The van der Waals surface area contributed by atoms with E-state index in [9.17, 15) is 24.0 Å². The van der Waals surface area contributed by atoms with E-state index in [0.717, 1.165) is 4.90 Å². The lowest BCUT2D eigenvalue weighted by molar-refractivity contribution is -0.164. The highest BCUT2D eigenvalue weighted by molar-refractivity contribution is 6.09. The second-order valence-corrected chi connectivity index (χ2v) is 11.0. The van der Waals surface area contributed by atoms with Gasteiger partial charge in [0.15, 0.2) is 0 Å². The molecule has 0 saturated carbocycles. The Kier molecular flexibility index (Phi) is 10.1. The zero-order valence-corrected chi connectivity index (χ0v) is 23.9. The number of amides is 6. The summed E-state index contributed by atoms with van der Waals surface area (Å²) in [6.07, 6.45) is 0.00805. The first-order valence-electron chi connectivity index (χ1n) is 13.6. The van der Waals surface area contributed by atoms with E-state index in [4.69, 9.17) is 15.2 Å². The van der Waals surface area contributed by atoms with Gasteiger partial charge in [0.05, 0.1) is 11.7 Å². The predicted octanol–water partition coefficient (Wildman–Crippen LogP) is 0.748. The Morgan fingerprint density at radius 1 is 0.950 bits per heavy atom. The van der Waals surface area contributed by atoms with Crippen LogP contribution in [0.1, 0.15) is 40.5 Å². The molecule has 0 aromatic carbocycles. The van der Waals surface area contributed by atoms with Crippen LogP contribution >= 0.6 is 0 Å². The topological polar surface area (TPSA) is 158 Å². The van der Waals surface area contributed by atoms with Crippen molar-refractivity contribution >= 4 is 30.0 Å². The molecule has 1 radical (unpaired) electrons. The summed E-state index contributed by atoms with van der Waals surface area (Å²) in [5, 5.41) is 2.90. The molecule has 3 fully saturated rings. The van der Waals surface area contributed by atoms with Gasteiger partial charge in [0, 0.05) is 58.9 Å². The minimum absolute atomic E-state index is 0.212. The van der Waals surface area contributed by atoms with Crippen molar-refractivity contribution in [2.24, 2.45) is 11.7 Å². The predicted molar refractivity (Wildman–Crippen MR) is 144 cm³/mol. The van der Waals surface area contributed by atoms with Gasteiger partial charge in [0.25, 0.3) is 0 Å². The van der Waals surface area contributed by atoms with E-state index in [1.165, 1.54) is 16.4 Å². The number of carbonyl (C=O) groups excluding carboxylic acids is 5. The zero-order valence-electron chi connectivity index (χ0n) is 23.9. The van der Waals surface area contributed by atoms with E-state index in [0.29, 0.717) is 25.2 Å². The number of hydrogen-bond donors (Lipinski definition) is 2. The number of ether oxygens (including phenoxy) is 2. The molecule has 0 spiro atoms. The number of piperazine rings is 2. The molecule has 223 valence electrons. The average Bonchev–Trinajstić information content (AvgIpc) is 2.90. The third-order valence-electron chi connectivity index (χ3n) is 6.99. The van der Waals surface area contributed by atoms with Crippen molar-refractivity contribution in [3.05, 3.63) is 19.0 Å². The van der Waals surface area contributed by atoms with Crippen LogP contribution < -0.4 is 11.1 Å². The SMILES string of the molecule is C=C(N)NCCC[C@H]1C(=O)N(C(=O)N2CCN(C(=O)O[CH]C)CC2)C1C(=O)N1CCN(C(=O)OC(C)(C)C)CC1. The highest BCUT2D eigenvalue weighted by Crippen LogP contribution is 2.34. The van der Waals surface area contributed by atoms with Crippen LogP contribution in [-0.2, 0) is 19.1 Å². The van der Waals surface area contributed by atoms with Crippen molar-refractivity contribution in [2.75, 3.05) is 58.9 Å². The third kappa shape index (κ3) is 7.48. The van der Waals surface area contributed by atoms with Crippen LogP contribution in [0.3, 0.4) is 0 Å². The third-order valence-corrected chi connectivity index (χ3v) is 6.99. The Morgan fingerprint density at radius 2 is 1.48 bits per heavy atom. The number of hydrogen-bond acceptors (Lipinski definition) is 9. The summed E-state index contributed by atoms with van der Waals surface area (Å²) in [5.74, 6) is -1.06. The summed E-state index contributed by atoms with van der Waals surface area (Å²) in [4.78, 5) is 71.9. The van der Waals surface area contributed by atoms with Crippen LogP contribution in [0.25, 0.3) is 0 Å². The molecular weight excluding hydrogens is 522 g/mol. The molecule has 14 nitrogen and oxygen atoms in total. The summed E-state index contributed by atoms with van der Waals surface area (Å²) in [6.45, 7) is 14.4. The number of nitrogens with two attached hydrogens (primary N) is 1. The molecule has 3 N–H and O–H groups in total. The molecule has 40 heavy (non-hydrogen) atoms. The fraction of sp³-hybridized carbons (Fsp3) is 0.692. The maximum absolute atomic E-state index is 13.7. The van der Waals surface area contributed by atoms with Crippen LogP contribution in [0.15, 0.2) is 12.4 Å². The van der Waals surface area contributed by atoms with Gasteiger partial charge in [-0.25, -0.2) is 14.4 Å². The van der Waals surface area contributed by atoms with Crippen molar-refractivity contribution in [1.82, 2.24) is 29.8 Å². The van der Waals surface area contributed by atoms with Crippen molar-refractivity contribution in [2.45, 2.75) is 52.2 Å². The first-order valence-corrected chi connectivity index (χ1v) is 13.6. The maximum atomic E-state index is 13.7.